The molecule has 1 aliphatic carbocycles. The first-order valence-corrected chi connectivity index (χ1v) is 6.89. The number of carboxylic acids is 1. The van der Waals surface area contributed by atoms with Crippen LogP contribution in [0.25, 0.3) is 0 Å². The summed E-state index contributed by atoms with van der Waals surface area (Å²) < 4.78 is 4.81. The molecule has 1 rings (SSSR count). The Hall–Kier alpha value is -1.30. The Morgan fingerprint density at radius 1 is 1.32 bits per heavy atom. The van der Waals surface area contributed by atoms with E-state index in [0.717, 1.165) is 5.92 Å². The minimum atomic E-state index is -1.00. The average molecular weight is 272 g/mol. The number of amides is 2. The third kappa shape index (κ3) is 7.66. The molecule has 0 saturated heterocycles. The van der Waals surface area contributed by atoms with E-state index in [2.05, 4.69) is 17.6 Å². The highest BCUT2D eigenvalue weighted by molar-refractivity contribution is 5.73. The normalized spacial score (nSPS) is 22.8. The summed E-state index contributed by atoms with van der Waals surface area (Å²) in [6.45, 7) is 3.17. The molecule has 2 unspecified atom stereocenters. The highest BCUT2D eigenvalue weighted by Gasteiger charge is 2.18. The van der Waals surface area contributed by atoms with Crippen LogP contribution in [-0.4, -0.2) is 43.4 Å². The van der Waals surface area contributed by atoms with Crippen LogP contribution < -0.4 is 10.6 Å². The molecule has 1 saturated carbocycles. The van der Waals surface area contributed by atoms with Crippen molar-refractivity contribution in [1.29, 1.82) is 0 Å². The molecule has 3 N–H and O–H groups in total. The fraction of sp³-hybridized carbons (Fsp3) is 0.846. The second-order valence-electron chi connectivity index (χ2n) is 5.22. The van der Waals surface area contributed by atoms with Gasteiger partial charge in [0.15, 0.2) is 0 Å². The van der Waals surface area contributed by atoms with Crippen molar-refractivity contribution in [2.75, 3.05) is 26.3 Å². The van der Waals surface area contributed by atoms with E-state index in [1.165, 1.54) is 25.7 Å². The quantitative estimate of drug-likeness (QED) is 0.608. The summed E-state index contributed by atoms with van der Waals surface area (Å²) in [6, 6.07) is -0.211. The maximum absolute atomic E-state index is 11.5. The molecule has 0 aromatic rings. The SMILES string of the molecule is CC1CCCC(CNC(=O)NCCOCC(=O)O)C1. The number of carbonyl (C=O) groups is 2. The van der Waals surface area contributed by atoms with Crippen molar-refractivity contribution in [2.24, 2.45) is 11.8 Å². The molecular formula is C13H24N2O4. The lowest BCUT2D eigenvalue weighted by molar-refractivity contribution is -0.142. The summed E-state index contributed by atoms with van der Waals surface area (Å²) in [7, 11) is 0. The molecule has 0 aliphatic heterocycles. The average Bonchev–Trinajstić information content (AvgIpc) is 2.35. The smallest absolute Gasteiger partial charge is 0.329 e. The second kappa shape index (κ2) is 8.74. The Morgan fingerprint density at radius 3 is 2.79 bits per heavy atom. The van der Waals surface area contributed by atoms with Gasteiger partial charge in [-0.25, -0.2) is 9.59 Å². The Morgan fingerprint density at radius 2 is 2.11 bits per heavy atom. The van der Waals surface area contributed by atoms with Crippen molar-refractivity contribution >= 4 is 12.0 Å². The Labute approximate surface area is 113 Å². The number of nitrogens with one attached hydrogen (secondary N) is 2. The van der Waals surface area contributed by atoms with E-state index < -0.39 is 5.97 Å². The molecule has 2 amide bonds. The number of carboxylic acid groups (broad SMARTS) is 1. The number of carbonyl (C=O) groups excluding carboxylic acids is 1. The van der Waals surface area contributed by atoms with Crippen LogP contribution >= 0.6 is 0 Å². The molecule has 0 aromatic carbocycles. The predicted molar refractivity (Wildman–Crippen MR) is 71.0 cm³/mol. The zero-order valence-corrected chi connectivity index (χ0v) is 11.5. The van der Waals surface area contributed by atoms with E-state index in [1.54, 1.807) is 0 Å². The van der Waals surface area contributed by atoms with Gasteiger partial charge in [0.05, 0.1) is 6.61 Å². The highest BCUT2D eigenvalue weighted by Crippen LogP contribution is 2.27. The standard InChI is InChI=1S/C13H24N2O4/c1-10-3-2-4-11(7-10)8-15-13(18)14-5-6-19-9-12(16)17/h10-11H,2-9H2,1H3,(H,16,17)(H2,14,15,18). The zero-order valence-electron chi connectivity index (χ0n) is 11.5. The van der Waals surface area contributed by atoms with Crippen molar-refractivity contribution in [3.63, 3.8) is 0 Å². The van der Waals surface area contributed by atoms with Crippen LogP contribution in [0.2, 0.25) is 0 Å². The molecule has 0 bridgehead atoms. The van der Waals surface area contributed by atoms with Crippen molar-refractivity contribution in [3.05, 3.63) is 0 Å². The van der Waals surface area contributed by atoms with Gasteiger partial charge in [0.2, 0.25) is 0 Å². The van der Waals surface area contributed by atoms with Crippen LogP contribution in [0, 0.1) is 11.8 Å². The van der Waals surface area contributed by atoms with Crippen LogP contribution in [0.3, 0.4) is 0 Å². The van der Waals surface area contributed by atoms with Gasteiger partial charge in [-0.3, -0.25) is 0 Å². The van der Waals surface area contributed by atoms with E-state index in [0.29, 0.717) is 19.0 Å². The summed E-state index contributed by atoms with van der Waals surface area (Å²) >= 11 is 0. The summed E-state index contributed by atoms with van der Waals surface area (Å²) in [5.41, 5.74) is 0. The number of hydrogen-bond acceptors (Lipinski definition) is 3. The van der Waals surface area contributed by atoms with Gasteiger partial charge in [0, 0.05) is 13.1 Å². The molecule has 6 heteroatoms. The molecule has 0 radical (unpaired) electrons. The van der Waals surface area contributed by atoms with Crippen molar-refractivity contribution in [3.8, 4) is 0 Å². The van der Waals surface area contributed by atoms with E-state index in [4.69, 9.17) is 9.84 Å². The molecule has 2 atom stereocenters. The second-order valence-corrected chi connectivity index (χ2v) is 5.22. The largest absolute Gasteiger partial charge is 0.480 e. The fourth-order valence-electron chi connectivity index (χ4n) is 2.44. The molecule has 19 heavy (non-hydrogen) atoms. The van der Waals surface area contributed by atoms with Gasteiger partial charge in [-0.1, -0.05) is 19.8 Å². The van der Waals surface area contributed by atoms with Gasteiger partial charge in [0.25, 0.3) is 0 Å². The molecule has 0 heterocycles. The maximum atomic E-state index is 11.5. The van der Waals surface area contributed by atoms with Crippen molar-refractivity contribution in [2.45, 2.75) is 32.6 Å². The highest BCUT2D eigenvalue weighted by atomic mass is 16.5. The van der Waals surface area contributed by atoms with E-state index in [9.17, 15) is 9.59 Å². The third-order valence-corrected chi connectivity index (χ3v) is 3.35. The molecule has 6 nitrogen and oxygen atoms in total. The monoisotopic (exact) mass is 272 g/mol. The van der Waals surface area contributed by atoms with Gasteiger partial charge in [-0.05, 0) is 24.7 Å². The molecule has 1 fully saturated rings. The first-order valence-electron chi connectivity index (χ1n) is 6.89. The lowest BCUT2D eigenvalue weighted by Gasteiger charge is -2.26. The minimum absolute atomic E-state index is 0.209. The first-order chi connectivity index (χ1) is 9.08. The summed E-state index contributed by atoms with van der Waals surface area (Å²) in [5, 5.41) is 13.8. The van der Waals surface area contributed by atoms with E-state index in [-0.39, 0.29) is 19.2 Å². The van der Waals surface area contributed by atoms with Crippen LogP contribution in [0.4, 0.5) is 4.79 Å². The predicted octanol–water partition coefficient (Wildman–Crippen LogP) is 1.21. The molecule has 0 spiro atoms. The lowest BCUT2D eigenvalue weighted by atomic mass is 9.82. The van der Waals surface area contributed by atoms with Crippen LogP contribution in [-0.2, 0) is 9.53 Å². The fourth-order valence-corrected chi connectivity index (χ4v) is 2.44. The van der Waals surface area contributed by atoms with Crippen molar-refractivity contribution in [1.82, 2.24) is 10.6 Å². The van der Waals surface area contributed by atoms with Gasteiger partial charge in [0.1, 0.15) is 6.61 Å². The minimum Gasteiger partial charge on any atom is -0.480 e. The van der Waals surface area contributed by atoms with Gasteiger partial charge in [-0.15, -0.1) is 0 Å². The Bertz CT molecular complexity index is 296. The topological polar surface area (TPSA) is 87.7 Å². The maximum Gasteiger partial charge on any atom is 0.329 e. The molecule has 110 valence electrons. The Balaban J connectivity index is 2.00. The lowest BCUT2D eigenvalue weighted by Crippen LogP contribution is -2.40. The Kier molecular flexibility index (Phi) is 7.25. The van der Waals surface area contributed by atoms with Crippen LogP contribution in [0.5, 0.6) is 0 Å². The van der Waals surface area contributed by atoms with Gasteiger partial charge >= 0.3 is 12.0 Å². The first kappa shape index (κ1) is 15.8. The van der Waals surface area contributed by atoms with Gasteiger partial charge in [-0.2, -0.15) is 0 Å². The number of hydrogen-bond donors (Lipinski definition) is 3. The van der Waals surface area contributed by atoms with Crippen LogP contribution in [0.1, 0.15) is 32.6 Å². The third-order valence-electron chi connectivity index (χ3n) is 3.35. The van der Waals surface area contributed by atoms with E-state index >= 15 is 0 Å². The van der Waals surface area contributed by atoms with E-state index in [1.807, 2.05) is 0 Å². The molecule has 1 aliphatic rings. The number of aliphatic carboxylic acids is 1. The van der Waals surface area contributed by atoms with Gasteiger partial charge < -0.3 is 20.5 Å². The van der Waals surface area contributed by atoms with Crippen LogP contribution in [0.15, 0.2) is 0 Å². The number of ether oxygens (including phenoxy) is 1. The number of rotatable bonds is 7. The number of urea groups is 1. The molecule has 0 aromatic heterocycles. The van der Waals surface area contributed by atoms with Crippen molar-refractivity contribution < 1.29 is 19.4 Å². The molecular weight excluding hydrogens is 248 g/mol. The summed E-state index contributed by atoms with van der Waals surface area (Å²) in [4.78, 5) is 21.6. The summed E-state index contributed by atoms with van der Waals surface area (Å²) in [5.74, 6) is 0.335. The zero-order chi connectivity index (χ0) is 14.1. The summed E-state index contributed by atoms with van der Waals surface area (Å²) in [6.07, 6.45) is 4.91.